The zero-order valence-corrected chi connectivity index (χ0v) is 22.0. The molecule has 202 valence electrons. The van der Waals surface area contributed by atoms with Gasteiger partial charge in [-0.15, -0.1) is 5.10 Å². The van der Waals surface area contributed by atoms with Gasteiger partial charge in [0, 0.05) is 29.4 Å². The first-order valence-corrected chi connectivity index (χ1v) is 12.9. The zero-order chi connectivity index (χ0) is 27.3. The van der Waals surface area contributed by atoms with Crippen LogP contribution in [-0.2, 0) is 0 Å². The van der Waals surface area contributed by atoms with Gasteiger partial charge >= 0.3 is 12.1 Å². The molecule has 0 saturated carbocycles. The number of hydrogen-bond donors (Lipinski definition) is 2. The van der Waals surface area contributed by atoms with E-state index in [9.17, 15) is 19.1 Å². The predicted molar refractivity (Wildman–Crippen MR) is 143 cm³/mol. The van der Waals surface area contributed by atoms with E-state index in [4.69, 9.17) is 4.42 Å². The number of carbonyl (C=O) groups is 2. The minimum absolute atomic E-state index is 0.00458. The monoisotopic (exact) mass is 523 g/mol. The van der Waals surface area contributed by atoms with Crippen molar-refractivity contribution in [3.8, 4) is 11.5 Å². The van der Waals surface area contributed by atoms with Crippen LogP contribution >= 0.6 is 0 Å². The topological polar surface area (TPSA) is 112 Å². The minimum Gasteiger partial charge on any atom is -0.465 e. The van der Waals surface area contributed by atoms with Gasteiger partial charge in [0.1, 0.15) is 5.82 Å². The molecule has 2 heterocycles. The van der Waals surface area contributed by atoms with Crippen LogP contribution in [0.4, 0.5) is 20.9 Å². The highest BCUT2D eigenvalue weighted by Crippen LogP contribution is 2.31. The summed E-state index contributed by atoms with van der Waals surface area (Å²) in [5.41, 5.74) is 1.44. The third-order valence-corrected chi connectivity index (χ3v) is 6.83. The minimum atomic E-state index is -1.15. The maximum Gasteiger partial charge on any atom is 0.415 e. The summed E-state index contributed by atoms with van der Waals surface area (Å²) in [7, 11) is 0. The third kappa shape index (κ3) is 6.74. The van der Waals surface area contributed by atoms with E-state index in [1.54, 1.807) is 24.3 Å². The fourth-order valence-corrected chi connectivity index (χ4v) is 4.86. The van der Waals surface area contributed by atoms with Crippen molar-refractivity contribution in [1.82, 2.24) is 15.1 Å². The molecule has 1 unspecified atom stereocenters. The van der Waals surface area contributed by atoms with E-state index in [0.29, 0.717) is 23.2 Å². The largest absolute Gasteiger partial charge is 0.465 e. The Hall–Kier alpha value is -3.79. The molecule has 1 aliphatic heterocycles. The third-order valence-electron chi connectivity index (χ3n) is 6.83. The quantitative estimate of drug-likeness (QED) is 0.378. The highest BCUT2D eigenvalue weighted by atomic mass is 19.1. The molecule has 1 aromatic heterocycles. The lowest BCUT2D eigenvalue weighted by atomic mass is 9.82. The van der Waals surface area contributed by atoms with Gasteiger partial charge in [-0.2, -0.15) is 0 Å². The number of rotatable bonds is 8. The second-order valence-electron chi connectivity index (χ2n) is 10.6. The van der Waals surface area contributed by atoms with E-state index >= 15 is 0 Å². The Morgan fingerprint density at radius 1 is 1.05 bits per heavy atom. The van der Waals surface area contributed by atoms with Gasteiger partial charge in [-0.1, -0.05) is 32.3 Å². The number of halogens is 1. The van der Waals surface area contributed by atoms with Crippen molar-refractivity contribution in [2.75, 3.05) is 29.9 Å². The fraction of sp³-hybridized carbons (Fsp3) is 0.429. The van der Waals surface area contributed by atoms with E-state index in [2.05, 4.69) is 41.2 Å². The molecule has 0 bridgehead atoms. The summed E-state index contributed by atoms with van der Waals surface area (Å²) in [6.45, 7) is 8.86. The molecule has 0 radical (unpaired) electrons. The molecule has 2 aromatic carbocycles. The number of anilines is 2. The summed E-state index contributed by atoms with van der Waals surface area (Å²) in [4.78, 5) is 28.0. The molecule has 1 atom stereocenters. The van der Waals surface area contributed by atoms with Crippen LogP contribution in [-0.4, -0.2) is 57.9 Å². The van der Waals surface area contributed by atoms with Crippen molar-refractivity contribution in [2.24, 2.45) is 5.41 Å². The molecular formula is C28H34FN5O4. The number of nitrogens with one attached hydrogen (secondary N) is 1. The molecule has 1 saturated heterocycles. The van der Waals surface area contributed by atoms with Crippen LogP contribution in [0.3, 0.4) is 0 Å². The van der Waals surface area contributed by atoms with Crippen LogP contribution in [0.25, 0.3) is 11.5 Å². The Bertz CT molecular complexity index is 1230. The molecule has 2 N–H and O–H groups in total. The lowest BCUT2D eigenvalue weighted by Crippen LogP contribution is -2.48. The normalized spacial score (nSPS) is 15.2. The fourth-order valence-electron chi connectivity index (χ4n) is 4.86. The Morgan fingerprint density at radius 3 is 2.32 bits per heavy atom. The molecule has 0 spiro atoms. The van der Waals surface area contributed by atoms with E-state index in [1.807, 2.05) is 0 Å². The first-order valence-electron chi connectivity index (χ1n) is 12.9. The number of likely N-dealkylation sites (tertiary alicyclic amines) is 1. The summed E-state index contributed by atoms with van der Waals surface area (Å²) >= 11 is 0. The van der Waals surface area contributed by atoms with E-state index in [0.717, 1.165) is 30.8 Å². The number of amides is 2. The van der Waals surface area contributed by atoms with Gasteiger partial charge in [-0.25, -0.2) is 14.1 Å². The van der Waals surface area contributed by atoms with Crippen LogP contribution in [0.2, 0.25) is 0 Å². The summed E-state index contributed by atoms with van der Waals surface area (Å²) in [6, 6.07) is 12.1. The van der Waals surface area contributed by atoms with Gasteiger partial charge in [0.15, 0.2) is 0 Å². The van der Waals surface area contributed by atoms with E-state index in [1.165, 1.54) is 30.7 Å². The average Bonchev–Trinajstić information content (AvgIpc) is 3.37. The van der Waals surface area contributed by atoms with E-state index < -0.39 is 11.9 Å². The van der Waals surface area contributed by atoms with Gasteiger partial charge in [0.2, 0.25) is 5.89 Å². The van der Waals surface area contributed by atoms with Crippen LogP contribution in [0.1, 0.15) is 56.8 Å². The Kier molecular flexibility index (Phi) is 8.41. The average molecular weight is 524 g/mol. The van der Waals surface area contributed by atoms with Gasteiger partial charge in [-0.3, -0.25) is 9.69 Å². The SMILES string of the molecule is CC(C)(C)C(CCN(C(=O)O)c1nnc(-c2ccc(NC(=O)c3ccc(F)cc3)cc2)o1)N1CCCCC1. The van der Waals surface area contributed by atoms with Crippen LogP contribution < -0.4 is 10.2 Å². The molecule has 0 aliphatic carbocycles. The molecule has 4 rings (SSSR count). The summed E-state index contributed by atoms with van der Waals surface area (Å²) < 4.78 is 18.8. The molecular weight excluding hydrogens is 489 g/mol. The standard InChI is InChI=1S/C28H34FN5O4/c1-28(2,3)23(33-16-5-4-6-17-33)15-18-34(27(36)37)26-32-31-25(38-26)20-9-13-22(14-10-20)30-24(35)19-7-11-21(29)12-8-19/h7-14,23H,4-6,15-18H2,1-3H3,(H,30,35)(H,36,37). The number of carbonyl (C=O) groups excluding carboxylic acids is 1. The second-order valence-corrected chi connectivity index (χ2v) is 10.6. The number of carboxylic acid groups (broad SMARTS) is 1. The van der Waals surface area contributed by atoms with Gasteiger partial charge in [0.25, 0.3) is 5.91 Å². The van der Waals surface area contributed by atoms with Crippen molar-refractivity contribution in [2.45, 2.75) is 52.5 Å². The molecule has 1 fully saturated rings. The molecule has 2 amide bonds. The lowest BCUT2D eigenvalue weighted by Gasteiger charge is -2.42. The number of piperidine rings is 1. The summed E-state index contributed by atoms with van der Waals surface area (Å²) in [5.74, 6) is -0.610. The lowest BCUT2D eigenvalue weighted by molar-refractivity contribution is 0.0746. The molecule has 9 nitrogen and oxygen atoms in total. The number of aromatic nitrogens is 2. The predicted octanol–water partition coefficient (Wildman–Crippen LogP) is 5.90. The van der Waals surface area contributed by atoms with Crippen LogP contribution in [0.5, 0.6) is 0 Å². The van der Waals surface area contributed by atoms with Crippen LogP contribution in [0.15, 0.2) is 52.9 Å². The highest BCUT2D eigenvalue weighted by molar-refractivity contribution is 6.04. The van der Waals surface area contributed by atoms with Crippen molar-refractivity contribution in [3.63, 3.8) is 0 Å². The van der Waals surface area contributed by atoms with Gasteiger partial charge in [-0.05, 0) is 86.3 Å². The molecule has 1 aliphatic rings. The van der Waals surface area contributed by atoms with Crippen molar-refractivity contribution in [3.05, 3.63) is 59.9 Å². The highest BCUT2D eigenvalue weighted by Gasteiger charge is 2.33. The van der Waals surface area contributed by atoms with Crippen LogP contribution in [0, 0.1) is 11.2 Å². The number of benzene rings is 2. The smallest absolute Gasteiger partial charge is 0.415 e. The summed E-state index contributed by atoms with van der Waals surface area (Å²) in [6.07, 6.45) is 3.07. The Balaban J connectivity index is 1.42. The Morgan fingerprint density at radius 2 is 1.71 bits per heavy atom. The Labute approximate surface area is 221 Å². The van der Waals surface area contributed by atoms with E-state index in [-0.39, 0.29) is 35.8 Å². The summed E-state index contributed by atoms with van der Waals surface area (Å²) in [5, 5.41) is 20.7. The first kappa shape index (κ1) is 27.3. The zero-order valence-electron chi connectivity index (χ0n) is 22.0. The van der Waals surface area contributed by atoms with Crippen molar-refractivity contribution < 1.29 is 23.5 Å². The maximum absolute atomic E-state index is 13.1. The second kappa shape index (κ2) is 11.7. The number of nitrogens with zero attached hydrogens (tertiary/aromatic N) is 4. The van der Waals surface area contributed by atoms with Gasteiger partial charge < -0.3 is 14.8 Å². The first-order chi connectivity index (χ1) is 18.1. The van der Waals surface area contributed by atoms with Crippen molar-refractivity contribution >= 4 is 23.7 Å². The molecule has 3 aromatic rings. The van der Waals surface area contributed by atoms with Crippen molar-refractivity contribution in [1.29, 1.82) is 0 Å². The molecule has 38 heavy (non-hydrogen) atoms. The number of hydrogen-bond acceptors (Lipinski definition) is 6. The maximum atomic E-state index is 13.1. The van der Waals surface area contributed by atoms with Gasteiger partial charge in [0.05, 0.1) is 0 Å². The molecule has 10 heteroatoms.